The number of amides is 1. The molecule has 0 radical (unpaired) electrons. The molecule has 1 unspecified atom stereocenters. The van der Waals surface area contributed by atoms with E-state index in [1.54, 1.807) is 36.4 Å². The van der Waals surface area contributed by atoms with Crippen LogP contribution >= 0.6 is 0 Å². The van der Waals surface area contributed by atoms with Crippen molar-refractivity contribution in [3.8, 4) is 11.4 Å². The van der Waals surface area contributed by atoms with E-state index >= 15 is 0 Å². The number of aryl methyl sites for hydroxylation is 1. The van der Waals surface area contributed by atoms with Gasteiger partial charge in [0.25, 0.3) is 0 Å². The van der Waals surface area contributed by atoms with Crippen molar-refractivity contribution in [2.45, 2.75) is 38.1 Å². The molecule has 31 heavy (non-hydrogen) atoms. The van der Waals surface area contributed by atoms with E-state index in [2.05, 4.69) is 24.7 Å². The maximum absolute atomic E-state index is 12.9. The highest BCUT2D eigenvalue weighted by Crippen LogP contribution is 2.20. The highest BCUT2D eigenvalue weighted by Gasteiger charge is 2.26. The van der Waals surface area contributed by atoms with Crippen molar-refractivity contribution in [1.29, 1.82) is 0 Å². The summed E-state index contributed by atoms with van der Waals surface area (Å²) in [6.45, 7) is 5.67. The second kappa shape index (κ2) is 9.27. The fourth-order valence-corrected chi connectivity index (χ4v) is 4.19. The van der Waals surface area contributed by atoms with Gasteiger partial charge in [-0.25, -0.2) is 13.2 Å². The number of rotatable bonds is 8. The molecule has 1 amide bonds. The minimum absolute atomic E-state index is 0.0722. The maximum Gasteiger partial charge on any atom is 0.439 e. The number of aromatic nitrogens is 2. The molecular weight excluding hydrogens is 420 g/mol. The zero-order chi connectivity index (χ0) is 22.6. The number of carbonyl (C=O) groups excluding carboxylic acids is 1. The van der Waals surface area contributed by atoms with Crippen molar-refractivity contribution >= 4 is 21.6 Å². The zero-order valence-corrected chi connectivity index (χ0v) is 18.2. The van der Waals surface area contributed by atoms with Crippen LogP contribution in [0.3, 0.4) is 0 Å². The molecule has 0 aliphatic rings. The lowest BCUT2D eigenvalue weighted by atomic mass is 10.0. The van der Waals surface area contributed by atoms with Gasteiger partial charge in [-0.15, -0.1) is 0 Å². The average Bonchev–Trinajstić information content (AvgIpc) is 3.14. The van der Waals surface area contributed by atoms with E-state index in [1.807, 2.05) is 20.8 Å². The Morgan fingerprint density at radius 2 is 1.87 bits per heavy atom. The molecule has 0 fully saturated rings. The topological polar surface area (TPSA) is 134 Å². The van der Waals surface area contributed by atoms with Crippen molar-refractivity contribution in [1.82, 2.24) is 14.9 Å². The SMILES string of the molecule is Cc1ccc(S(=O)(=O)NC(CC(C)C)C(=O)Nc2cccc(-c3noc(=O)[nH]3)c2)cc1. The second-order valence-corrected chi connectivity index (χ2v) is 9.34. The Balaban J connectivity index is 1.80. The third-order valence-electron chi connectivity index (χ3n) is 4.50. The van der Waals surface area contributed by atoms with E-state index in [0.717, 1.165) is 5.56 Å². The lowest BCUT2D eigenvalue weighted by Crippen LogP contribution is -2.44. The number of anilines is 1. The summed E-state index contributed by atoms with van der Waals surface area (Å²) in [5.41, 5.74) is 1.89. The summed E-state index contributed by atoms with van der Waals surface area (Å²) in [5, 5.41) is 6.35. The van der Waals surface area contributed by atoms with Crippen molar-refractivity contribution in [3.63, 3.8) is 0 Å². The van der Waals surface area contributed by atoms with E-state index in [0.29, 0.717) is 17.7 Å². The number of hydrogen-bond donors (Lipinski definition) is 3. The van der Waals surface area contributed by atoms with Crippen LogP contribution in [0.15, 0.2) is 62.7 Å². The highest BCUT2D eigenvalue weighted by molar-refractivity contribution is 7.89. The Bertz CT molecular complexity index is 1210. The smallest absolute Gasteiger partial charge is 0.325 e. The fraction of sp³-hybridized carbons (Fsp3) is 0.286. The van der Waals surface area contributed by atoms with Crippen molar-refractivity contribution < 1.29 is 17.7 Å². The Hall–Kier alpha value is -3.24. The molecule has 2 aromatic carbocycles. The van der Waals surface area contributed by atoms with Crippen LogP contribution in [-0.2, 0) is 14.8 Å². The molecule has 0 bridgehead atoms. The molecule has 0 aliphatic carbocycles. The normalized spacial score (nSPS) is 12.6. The van der Waals surface area contributed by atoms with Crippen molar-refractivity contribution in [3.05, 3.63) is 64.6 Å². The van der Waals surface area contributed by atoms with Crippen LogP contribution < -0.4 is 15.8 Å². The lowest BCUT2D eigenvalue weighted by molar-refractivity contribution is -0.118. The number of nitrogens with zero attached hydrogens (tertiary/aromatic N) is 1. The van der Waals surface area contributed by atoms with Gasteiger partial charge in [0.05, 0.1) is 4.90 Å². The molecule has 3 rings (SSSR count). The first-order valence-electron chi connectivity index (χ1n) is 9.70. The molecule has 0 saturated carbocycles. The predicted octanol–water partition coefficient (Wildman–Crippen LogP) is 2.67. The summed E-state index contributed by atoms with van der Waals surface area (Å²) >= 11 is 0. The van der Waals surface area contributed by atoms with Gasteiger partial charge in [0, 0.05) is 11.3 Å². The van der Waals surface area contributed by atoms with Crippen LogP contribution in [0.25, 0.3) is 11.4 Å². The van der Waals surface area contributed by atoms with Gasteiger partial charge in [0.2, 0.25) is 15.9 Å². The Morgan fingerprint density at radius 3 is 2.48 bits per heavy atom. The van der Waals surface area contributed by atoms with Gasteiger partial charge < -0.3 is 5.32 Å². The molecule has 1 heterocycles. The summed E-state index contributed by atoms with van der Waals surface area (Å²) in [7, 11) is -3.88. The maximum atomic E-state index is 12.9. The fourth-order valence-electron chi connectivity index (χ4n) is 2.98. The quantitative estimate of drug-likeness (QED) is 0.489. The molecule has 1 aromatic heterocycles. The van der Waals surface area contributed by atoms with Crippen LogP contribution in [0.5, 0.6) is 0 Å². The number of carbonyl (C=O) groups is 1. The van der Waals surface area contributed by atoms with Crippen LogP contribution in [0.1, 0.15) is 25.8 Å². The number of sulfonamides is 1. The first-order chi connectivity index (χ1) is 14.6. The first-order valence-corrected chi connectivity index (χ1v) is 11.2. The summed E-state index contributed by atoms with van der Waals surface area (Å²) in [5.74, 6) is -0.884. The molecule has 0 aliphatic heterocycles. The summed E-state index contributed by atoms with van der Waals surface area (Å²) in [6, 6.07) is 12.1. The Kier molecular flexibility index (Phi) is 6.71. The van der Waals surface area contributed by atoms with Crippen LogP contribution in [0, 0.1) is 12.8 Å². The van der Waals surface area contributed by atoms with Gasteiger partial charge in [-0.1, -0.05) is 48.8 Å². The standard InChI is InChI=1S/C21H24N4O5S/c1-13(2)11-18(25-31(28,29)17-9-7-14(3)8-10-17)20(26)22-16-6-4-5-15(12-16)19-23-21(27)30-24-19/h4-10,12-13,18,25H,11H2,1-3H3,(H,22,26)(H,23,24,27). The van der Waals surface area contributed by atoms with Crippen molar-refractivity contribution in [2.75, 3.05) is 5.32 Å². The molecule has 10 heteroatoms. The molecular formula is C21H24N4O5S. The molecule has 0 saturated heterocycles. The number of nitrogens with one attached hydrogen (secondary N) is 3. The summed E-state index contributed by atoms with van der Waals surface area (Å²) < 4.78 is 32.6. The molecule has 3 aromatic rings. The highest BCUT2D eigenvalue weighted by atomic mass is 32.2. The third kappa shape index (κ3) is 5.89. The summed E-state index contributed by atoms with van der Waals surface area (Å²) in [6.07, 6.45) is 0.313. The van der Waals surface area contributed by atoms with E-state index in [4.69, 9.17) is 0 Å². The van der Waals surface area contributed by atoms with E-state index in [9.17, 15) is 18.0 Å². The Morgan fingerprint density at radius 1 is 1.16 bits per heavy atom. The van der Waals surface area contributed by atoms with Gasteiger partial charge in [-0.2, -0.15) is 4.72 Å². The third-order valence-corrected chi connectivity index (χ3v) is 5.98. The lowest BCUT2D eigenvalue weighted by Gasteiger charge is -2.20. The summed E-state index contributed by atoms with van der Waals surface area (Å²) in [4.78, 5) is 26.6. The van der Waals surface area contributed by atoms with Gasteiger partial charge in [-0.05, 0) is 43.5 Å². The molecule has 164 valence electrons. The number of hydrogen-bond acceptors (Lipinski definition) is 6. The van der Waals surface area contributed by atoms with Gasteiger partial charge in [0.15, 0.2) is 5.82 Å². The molecule has 9 nitrogen and oxygen atoms in total. The monoisotopic (exact) mass is 444 g/mol. The molecule has 0 spiro atoms. The number of benzene rings is 2. The first kappa shape index (κ1) is 22.4. The van der Waals surface area contributed by atoms with E-state index in [-0.39, 0.29) is 16.6 Å². The van der Waals surface area contributed by atoms with E-state index < -0.39 is 27.7 Å². The van der Waals surface area contributed by atoms with Crippen LogP contribution in [-0.4, -0.2) is 30.5 Å². The largest absolute Gasteiger partial charge is 0.439 e. The average molecular weight is 445 g/mol. The van der Waals surface area contributed by atoms with Gasteiger partial charge >= 0.3 is 5.76 Å². The van der Waals surface area contributed by atoms with Crippen LogP contribution in [0.2, 0.25) is 0 Å². The van der Waals surface area contributed by atoms with Crippen molar-refractivity contribution in [2.24, 2.45) is 5.92 Å². The van der Waals surface area contributed by atoms with Gasteiger partial charge in [0.1, 0.15) is 6.04 Å². The van der Waals surface area contributed by atoms with E-state index in [1.165, 1.54) is 12.1 Å². The predicted molar refractivity (Wildman–Crippen MR) is 116 cm³/mol. The second-order valence-electron chi connectivity index (χ2n) is 7.63. The minimum atomic E-state index is -3.88. The minimum Gasteiger partial charge on any atom is -0.325 e. The zero-order valence-electron chi connectivity index (χ0n) is 17.4. The molecule has 1 atom stereocenters. The molecule has 3 N–H and O–H groups in total. The van der Waals surface area contributed by atoms with Gasteiger partial charge in [-0.3, -0.25) is 14.3 Å². The Labute approximate surface area is 179 Å². The number of aromatic amines is 1. The van der Waals surface area contributed by atoms with Crippen LogP contribution in [0.4, 0.5) is 5.69 Å². The number of H-pyrrole nitrogens is 1.